The van der Waals surface area contributed by atoms with Gasteiger partial charge in [0.15, 0.2) is 0 Å². The minimum atomic E-state index is 0.0606. The second-order valence-corrected chi connectivity index (χ2v) is 7.29. The van der Waals surface area contributed by atoms with Crippen molar-refractivity contribution < 1.29 is 4.79 Å². The molecule has 1 fully saturated rings. The van der Waals surface area contributed by atoms with Crippen molar-refractivity contribution in [3.05, 3.63) is 78.1 Å². The van der Waals surface area contributed by atoms with E-state index in [1.165, 1.54) is 16.3 Å². The summed E-state index contributed by atoms with van der Waals surface area (Å²) in [4.78, 5) is 19.1. The van der Waals surface area contributed by atoms with Gasteiger partial charge in [0.2, 0.25) is 5.91 Å². The maximum Gasteiger partial charge on any atom is 0.224 e. The minimum absolute atomic E-state index is 0.0606. The molecule has 1 aliphatic rings. The first kappa shape index (κ1) is 17.7. The number of hydrogen-bond acceptors (Lipinski definition) is 3. The summed E-state index contributed by atoms with van der Waals surface area (Å²) in [6.07, 6.45) is 5.58. The topological polar surface area (TPSA) is 45.2 Å². The number of pyridine rings is 1. The molecule has 1 unspecified atom stereocenters. The summed E-state index contributed by atoms with van der Waals surface area (Å²) < 4.78 is 0. The molecule has 1 aliphatic heterocycles. The van der Waals surface area contributed by atoms with Gasteiger partial charge in [-0.25, -0.2) is 0 Å². The second kappa shape index (κ2) is 8.31. The van der Waals surface area contributed by atoms with Crippen LogP contribution in [0.2, 0.25) is 0 Å². The Kier molecular flexibility index (Phi) is 5.45. The fraction of sp³-hybridized carbons (Fsp3) is 0.304. The van der Waals surface area contributed by atoms with Crippen LogP contribution < -0.4 is 5.32 Å². The van der Waals surface area contributed by atoms with Gasteiger partial charge in [0.05, 0.1) is 5.92 Å². The molecule has 1 atom stereocenters. The molecule has 2 heterocycles. The van der Waals surface area contributed by atoms with Crippen molar-refractivity contribution in [2.24, 2.45) is 5.92 Å². The summed E-state index contributed by atoms with van der Waals surface area (Å²) in [6.45, 7) is 3.32. The number of carbonyl (C=O) groups is 1. The number of aromatic nitrogens is 1. The molecule has 0 spiro atoms. The Morgan fingerprint density at radius 2 is 2.00 bits per heavy atom. The summed E-state index contributed by atoms with van der Waals surface area (Å²) in [5.41, 5.74) is 2.37. The predicted molar refractivity (Wildman–Crippen MR) is 108 cm³/mol. The van der Waals surface area contributed by atoms with Crippen molar-refractivity contribution in [3.8, 4) is 0 Å². The van der Waals surface area contributed by atoms with Crippen molar-refractivity contribution in [1.82, 2.24) is 15.2 Å². The zero-order chi connectivity index (χ0) is 18.5. The highest BCUT2D eigenvalue weighted by Crippen LogP contribution is 2.23. The van der Waals surface area contributed by atoms with E-state index in [4.69, 9.17) is 0 Å². The highest BCUT2D eigenvalue weighted by molar-refractivity contribution is 5.85. The van der Waals surface area contributed by atoms with Gasteiger partial charge in [-0.1, -0.05) is 48.5 Å². The van der Waals surface area contributed by atoms with E-state index in [2.05, 4.69) is 57.7 Å². The number of piperidine rings is 1. The van der Waals surface area contributed by atoms with Crippen LogP contribution in [0, 0.1) is 5.92 Å². The molecule has 1 N–H and O–H groups in total. The smallest absolute Gasteiger partial charge is 0.224 e. The number of amides is 1. The molecule has 1 amide bonds. The number of rotatable bonds is 5. The highest BCUT2D eigenvalue weighted by Gasteiger charge is 2.25. The maximum absolute atomic E-state index is 12.6. The van der Waals surface area contributed by atoms with Crippen LogP contribution in [0.4, 0.5) is 0 Å². The van der Waals surface area contributed by atoms with Gasteiger partial charge in [-0.3, -0.25) is 14.7 Å². The molecule has 2 aromatic carbocycles. The lowest BCUT2D eigenvalue weighted by atomic mass is 9.96. The normalized spacial score (nSPS) is 17.7. The lowest BCUT2D eigenvalue weighted by Crippen LogP contribution is -2.42. The molecule has 27 heavy (non-hydrogen) atoms. The fourth-order valence-corrected chi connectivity index (χ4v) is 3.92. The molecule has 1 saturated heterocycles. The third-order valence-corrected chi connectivity index (χ3v) is 5.34. The molecule has 0 saturated carbocycles. The molecule has 4 nitrogen and oxygen atoms in total. The molecule has 0 radical (unpaired) electrons. The van der Waals surface area contributed by atoms with E-state index in [9.17, 15) is 4.79 Å². The van der Waals surface area contributed by atoms with Gasteiger partial charge >= 0.3 is 0 Å². The first-order valence-electron chi connectivity index (χ1n) is 9.65. The molecular weight excluding hydrogens is 334 g/mol. The van der Waals surface area contributed by atoms with Crippen molar-refractivity contribution in [3.63, 3.8) is 0 Å². The first-order valence-corrected chi connectivity index (χ1v) is 9.65. The largest absolute Gasteiger partial charge is 0.352 e. The van der Waals surface area contributed by atoms with Gasteiger partial charge in [0.25, 0.3) is 0 Å². The molecule has 4 rings (SSSR count). The van der Waals surface area contributed by atoms with Crippen LogP contribution >= 0.6 is 0 Å². The first-order chi connectivity index (χ1) is 13.3. The quantitative estimate of drug-likeness (QED) is 0.754. The fourth-order valence-electron chi connectivity index (χ4n) is 3.92. The third-order valence-electron chi connectivity index (χ3n) is 5.34. The average Bonchev–Trinajstić information content (AvgIpc) is 2.73. The Morgan fingerprint density at radius 3 is 2.89 bits per heavy atom. The Balaban J connectivity index is 1.38. The van der Waals surface area contributed by atoms with Gasteiger partial charge in [0, 0.05) is 32.0 Å². The predicted octanol–water partition coefficient (Wildman–Crippen LogP) is 3.76. The molecule has 1 aromatic heterocycles. The number of nitrogens with one attached hydrogen (secondary N) is 1. The zero-order valence-corrected chi connectivity index (χ0v) is 15.5. The molecule has 0 bridgehead atoms. The van der Waals surface area contributed by atoms with E-state index < -0.39 is 0 Å². The minimum Gasteiger partial charge on any atom is -0.352 e. The van der Waals surface area contributed by atoms with E-state index in [1.54, 1.807) is 12.4 Å². The van der Waals surface area contributed by atoms with Gasteiger partial charge in [0.1, 0.15) is 0 Å². The van der Waals surface area contributed by atoms with Crippen molar-refractivity contribution in [1.29, 1.82) is 0 Å². The number of hydrogen-bond donors (Lipinski definition) is 1. The van der Waals surface area contributed by atoms with Crippen LogP contribution in [-0.4, -0.2) is 28.9 Å². The zero-order valence-electron chi connectivity index (χ0n) is 15.5. The summed E-state index contributed by atoms with van der Waals surface area (Å²) >= 11 is 0. The molecular formula is C23H25N3O. The summed E-state index contributed by atoms with van der Waals surface area (Å²) in [5, 5.41) is 5.66. The number of fused-ring (bicyclic) bond motifs is 1. The Bertz CT molecular complexity index is 904. The van der Waals surface area contributed by atoms with Gasteiger partial charge in [-0.15, -0.1) is 0 Å². The second-order valence-electron chi connectivity index (χ2n) is 7.29. The summed E-state index contributed by atoms with van der Waals surface area (Å²) in [5.74, 6) is 0.215. The Labute approximate surface area is 160 Å². The van der Waals surface area contributed by atoms with Gasteiger partial charge < -0.3 is 5.32 Å². The molecule has 4 heteroatoms. The van der Waals surface area contributed by atoms with Gasteiger partial charge in [-0.2, -0.15) is 0 Å². The van der Waals surface area contributed by atoms with Crippen molar-refractivity contribution in [2.75, 3.05) is 13.1 Å². The number of nitrogens with zero attached hydrogens (tertiary/aromatic N) is 2. The van der Waals surface area contributed by atoms with Crippen LogP contribution in [0.1, 0.15) is 24.0 Å². The number of carbonyl (C=O) groups excluding carboxylic acids is 1. The average molecular weight is 359 g/mol. The Morgan fingerprint density at radius 1 is 1.11 bits per heavy atom. The van der Waals surface area contributed by atoms with Crippen LogP contribution in [0.3, 0.4) is 0 Å². The van der Waals surface area contributed by atoms with E-state index in [-0.39, 0.29) is 11.8 Å². The third kappa shape index (κ3) is 4.34. The van der Waals surface area contributed by atoms with Gasteiger partial charge in [-0.05, 0) is 47.4 Å². The van der Waals surface area contributed by atoms with Crippen molar-refractivity contribution in [2.45, 2.75) is 25.9 Å². The SMILES string of the molecule is O=C(NCc1cccnc1)C1CCCN(Cc2cccc3ccccc23)C1. The highest BCUT2D eigenvalue weighted by atomic mass is 16.1. The van der Waals surface area contributed by atoms with Crippen LogP contribution in [0.15, 0.2) is 67.0 Å². The van der Waals surface area contributed by atoms with E-state index >= 15 is 0 Å². The number of benzene rings is 2. The molecule has 0 aliphatic carbocycles. The van der Waals surface area contributed by atoms with E-state index in [0.717, 1.165) is 38.0 Å². The van der Waals surface area contributed by atoms with Crippen LogP contribution in [0.5, 0.6) is 0 Å². The lowest BCUT2D eigenvalue weighted by Gasteiger charge is -2.32. The van der Waals surface area contributed by atoms with E-state index in [1.807, 2.05) is 12.1 Å². The van der Waals surface area contributed by atoms with Crippen LogP contribution in [-0.2, 0) is 17.9 Å². The van der Waals surface area contributed by atoms with E-state index in [0.29, 0.717) is 6.54 Å². The maximum atomic E-state index is 12.6. The molecule has 3 aromatic rings. The summed E-state index contributed by atoms with van der Waals surface area (Å²) in [6, 6.07) is 18.9. The standard InChI is InChI=1S/C23H25N3O/c27-23(25-15-18-6-4-12-24-14-18)21-10-5-13-26(17-21)16-20-9-3-8-19-7-1-2-11-22(19)20/h1-4,6-9,11-12,14,21H,5,10,13,15-17H2,(H,25,27). The lowest BCUT2D eigenvalue weighted by molar-refractivity contribution is -0.126. The van der Waals surface area contributed by atoms with Crippen molar-refractivity contribution >= 4 is 16.7 Å². The van der Waals surface area contributed by atoms with Crippen LogP contribution in [0.25, 0.3) is 10.8 Å². The summed E-state index contributed by atoms with van der Waals surface area (Å²) in [7, 11) is 0. The molecule has 138 valence electrons. The monoisotopic (exact) mass is 359 g/mol. The Hall–Kier alpha value is -2.72. The number of likely N-dealkylation sites (tertiary alicyclic amines) is 1.